The zero-order chi connectivity index (χ0) is 19.7. The molecular formula is C22H24N2O2S2. The lowest BCUT2D eigenvalue weighted by atomic mass is 10.0. The van der Waals surface area contributed by atoms with Crippen molar-refractivity contribution in [3.8, 4) is 10.6 Å². The van der Waals surface area contributed by atoms with E-state index >= 15 is 0 Å². The van der Waals surface area contributed by atoms with Crippen molar-refractivity contribution < 1.29 is 8.42 Å². The second kappa shape index (κ2) is 7.78. The van der Waals surface area contributed by atoms with Gasteiger partial charge in [-0.1, -0.05) is 56.3 Å². The van der Waals surface area contributed by atoms with Crippen LogP contribution in [0.2, 0.25) is 0 Å². The molecule has 3 aromatic rings. The van der Waals surface area contributed by atoms with E-state index in [0.29, 0.717) is 30.3 Å². The average Bonchev–Trinajstić information content (AvgIpc) is 3.12. The van der Waals surface area contributed by atoms with Crippen LogP contribution in [0.25, 0.3) is 10.6 Å². The summed E-state index contributed by atoms with van der Waals surface area (Å²) >= 11 is 1.60. The maximum Gasteiger partial charge on any atom is 0.243 e. The molecule has 6 heteroatoms. The summed E-state index contributed by atoms with van der Waals surface area (Å²) in [6.07, 6.45) is 1.61. The Morgan fingerprint density at radius 2 is 1.79 bits per heavy atom. The SMILES string of the molecule is CC(C)Cc1ccc(S(=O)(=O)N2CCc3nc(-c4ccccc4)sc3C2)cc1. The standard InChI is InChI=1S/C22H24N2O2S2/c1-16(2)14-17-8-10-19(11-9-17)28(25,26)24-13-12-20-21(15-24)27-22(23-20)18-6-4-3-5-7-18/h3-11,16H,12-15H2,1-2H3. The lowest BCUT2D eigenvalue weighted by Gasteiger charge is -2.25. The molecule has 0 unspecified atom stereocenters. The molecule has 0 aliphatic carbocycles. The van der Waals surface area contributed by atoms with E-state index in [1.807, 2.05) is 42.5 Å². The molecule has 0 radical (unpaired) electrons. The largest absolute Gasteiger partial charge is 0.243 e. The molecule has 1 aliphatic heterocycles. The molecule has 4 nitrogen and oxygen atoms in total. The van der Waals surface area contributed by atoms with Crippen LogP contribution < -0.4 is 0 Å². The highest BCUT2D eigenvalue weighted by Crippen LogP contribution is 2.33. The van der Waals surface area contributed by atoms with Crippen molar-refractivity contribution in [1.82, 2.24) is 9.29 Å². The summed E-state index contributed by atoms with van der Waals surface area (Å²) in [7, 11) is -3.49. The van der Waals surface area contributed by atoms with Gasteiger partial charge in [-0.2, -0.15) is 4.31 Å². The Morgan fingerprint density at radius 3 is 2.46 bits per heavy atom. The highest BCUT2D eigenvalue weighted by molar-refractivity contribution is 7.89. The van der Waals surface area contributed by atoms with Gasteiger partial charge in [0.2, 0.25) is 10.0 Å². The topological polar surface area (TPSA) is 50.3 Å². The van der Waals surface area contributed by atoms with Gasteiger partial charge >= 0.3 is 0 Å². The third kappa shape index (κ3) is 3.90. The summed E-state index contributed by atoms with van der Waals surface area (Å²) in [6.45, 7) is 5.19. The molecule has 1 aliphatic rings. The van der Waals surface area contributed by atoms with Gasteiger partial charge in [0.15, 0.2) is 0 Å². The van der Waals surface area contributed by atoms with Crippen LogP contribution in [0, 0.1) is 5.92 Å². The van der Waals surface area contributed by atoms with E-state index in [1.54, 1.807) is 27.8 Å². The van der Waals surface area contributed by atoms with Gasteiger partial charge in [0, 0.05) is 23.4 Å². The van der Waals surface area contributed by atoms with E-state index in [-0.39, 0.29) is 0 Å². The van der Waals surface area contributed by atoms with Crippen LogP contribution in [0.4, 0.5) is 0 Å². The highest BCUT2D eigenvalue weighted by atomic mass is 32.2. The van der Waals surface area contributed by atoms with Gasteiger partial charge in [-0.05, 0) is 30.0 Å². The van der Waals surface area contributed by atoms with Crippen molar-refractivity contribution in [3.63, 3.8) is 0 Å². The Hall–Kier alpha value is -2.02. The Labute approximate surface area is 170 Å². The minimum atomic E-state index is -3.49. The number of benzene rings is 2. The highest BCUT2D eigenvalue weighted by Gasteiger charge is 2.30. The van der Waals surface area contributed by atoms with Gasteiger partial charge in [0.1, 0.15) is 5.01 Å². The molecule has 0 N–H and O–H groups in total. The number of hydrogen-bond donors (Lipinski definition) is 0. The summed E-state index contributed by atoms with van der Waals surface area (Å²) in [5.74, 6) is 0.549. The predicted molar refractivity (Wildman–Crippen MR) is 114 cm³/mol. The summed E-state index contributed by atoms with van der Waals surface area (Å²) < 4.78 is 27.8. The van der Waals surface area contributed by atoms with E-state index in [2.05, 4.69) is 13.8 Å². The first-order valence-corrected chi connectivity index (χ1v) is 11.8. The van der Waals surface area contributed by atoms with Crippen LogP contribution in [0.1, 0.15) is 30.0 Å². The second-order valence-electron chi connectivity index (χ2n) is 7.59. The maximum absolute atomic E-state index is 13.1. The van der Waals surface area contributed by atoms with Gasteiger partial charge in [-0.3, -0.25) is 0 Å². The smallest absolute Gasteiger partial charge is 0.241 e. The summed E-state index contributed by atoms with van der Waals surface area (Å²) in [5, 5.41) is 0.961. The molecule has 0 bridgehead atoms. The third-order valence-corrected chi connectivity index (χ3v) is 7.91. The van der Waals surface area contributed by atoms with Crippen LogP contribution in [0.3, 0.4) is 0 Å². The van der Waals surface area contributed by atoms with E-state index in [4.69, 9.17) is 4.98 Å². The van der Waals surface area contributed by atoms with Crippen LogP contribution in [-0.4, -0.2) is 24.3 Å². The lowest BCUT2D eigenvalue weighted by Crippen LogP contribution is -2.35. The summed E-state index contributed by atoms with van der Waals surface area (Å²) in [6, 6.07) is 17.4. The molecule has 146 valence electrons. The molecular weight excluding hydrogens is 388 g/mol. The first-order valence-electron chi connectivity index (χ1n) is 9.56. The van der Waals surface area contributed by atoms with Crippen molar-refractivity contribution in [2.75, 3.05) is 6.54 Å². The molecule has 0 atom stereocenters. The Bertz CT molecular complexity index is 1060. The van der Waals surface area contributed by atoms with E-state index in [0.717, 1.165) is 27.6 Å². The zero-order valence-corrected chi connectivity index (χ0v) is 17.8. The summed E-state index contributed by atoms with van der Waals surface area (Å²) in [5.41, 5.74) is 3.28. The fourth-order valence-electron chi connectivity index (χ4n) is 3.50. The molecule has 0 amide bonds. The van der Waals surface area contributed by atoms with Gasteiger partial charge < -0.3 is 0 Å². The van der Waals surface area contributed by atoms with Gasteiger partial charge in [0.05, 0.1) is 17.1 Å². The van der Waals surface area contributed by atoms with Gasteiger partial charge in [-0.15, -0.1) is 11.3 Å². The van der Waals surface area contributed by atoms with Crippen molar-refractivity contribution in [3.05, 3.63) is 70.7 Å². The first kappa shape index (κ1) is 19.3. The number of rotatable bonds is 5. The molecule has 0 saturated heterocycles. The molecule has 2 aromatic carbocycles. The predicted octanol–water partition coefficient (Wildman–Crippen LogP) is 4.76. The fraction of sp³-hybridized carbons (Fsp3) is 0.318. The minimum absolute atomic E-state index is 0.372. The van der Waals surface area contributed by atoms with Gasteiger partial charge in [-0.25, -0.2) is 13.4 Å². The molecule has 2 heterocycles. The monoisotopic (exact) mass is 412 g/mol. The number of aromatic nitrogens is 1. The maximum atomic E-state index is 13.1. The summed E-state index contributed by atoms with van der Waals surface area (Å²) in [4.78, 5) is 6.16. The molecule has 4 rings (SSSR count). The molecule has 0 saturated carbocycles. The van der Waals surface area contributed by atoms with Gasteiger partial charge in [0.25, 0.3) is 0 Å². The van der Waals surface area contributed by atoms with E-state index in [1.165, 1.54) is 5.56 Å². The lowest BCUT2D eigenvalue weighted by molar-refractivity contribution is 0.393. The Balaban J connectivity index is 1.55. The Kier molecular flexibility index (Phi) is 5.36. The zero-order valence-electron chi connectivity index (χ0n) is 16.1. The van der Waals surface area contributed by atoms with Crippen LogP contribution in [0.5, 0.6) is 0 Å². The molecule has 1 aromatic heterocycles. The van der Waals surface area contributed by atoms with Crippen LogP contribution >= 0.6 is 11.3 Å². The number of fused-ring (bicyclic) bond motifs is 1. The average molecular weight is 413 g/mol. The number of nitrogens with zero attached hydrogens (tertiary/aromatic N) is 2. The third-order valence-electron chi connectivity index (χ3n) is 4.92. The Morgan fingerprint density at radius 1 is 1.07 bits per heavy atom. The van der Waals surface area contributed by atoms with Crippen molar-refractivity contribution in [2.24, 2.45) is 5.92 Å². The molecule has 0 spiro atoms. The van der Waals surface area contributed by atoms with Crippen LogP contribution in [-0.2, 0) is 29.4 Å². The second-order valence-corrected chi connectivity index (χ2v) is 10.6. The van der Waals surface area contributed by atoms with Crippen molar-refractivity contribution in [1.29, 1.82) is 0 Å². The quantitative estimate of drug-likeness (QED) is 0.607. The number of thiazole rings is 1. The first-order chi connectivity index (χ1) is 13.4. The van der Waals surface area contributed by atoms with Crippen LogP contribution in [0.15, 0.2) is 59.5 Å². The van der Waals surface area contributed by atoms with E-state index in [9.17, 15) is 8.42 Å². The molecule has 0 fully saturated rings. The minimum Gasteiger partial charge on any atom is -0.241 e. The number of hydrogen-bond acceptors (Lipinski definition) is 4. The molecule has 28 heavy (non-hydrogen) atoms. The fourth-order valence-corrected chi connectivity index (χ4v) is 6.12. The number of sulfonamides is 1. The van der Waals surface area contributed by atoms with Crippen molar-refractivity contribution in [2.45, 2.75) is 38.1 Å². The normalized spacial score (nSPS) is 15.0. The van der Waals surface area contributed by atoms with Crippen molar-refractivity contribution >= 4 is 21.4 Å². The van der Waals surface area contributed by atoms with E-state index < -0.39 is 10.0 Å².